The van der Waals surface area contributed by atoms with Gasteiger partial charge >= 0.3 is 0 Å². The van der Waals surface area contributed by atoms with E-state index in [0.29, 0.717) is 12.0 Å². The fourth-order valence-electron chi connectivity index (χ4n) is 4.93. The molecule has 0 bridgehead atoms. The number of H-pyrrole nitrogens is 1. The first kappa shape index (κ1) is 18.7. The molecule has 1 aromatic heterocycles. The van der Waals surface area contributed by atoms with Gasteiger partial charge < -0.3 is 15.2 Å². The number of amides is 1. The molecule has 0 aliphatic carbocycles. The van der Waals surface area contributed by atoms with Gasteiger partial charge in [0.05, 0.1) is 6.04 Å². The van der Waals surface area contributed by atoms with Crippen LogP contribution < -0.4 is 16.2 Å². The van der Waals surface area contributed by atoms with Crippen molar-refractivity contribution in [2.45, 2.75) is 43.8 Å². The Hall–Kier alpha value is -1.60. The summed E-state index contributed by atoms with van der Waals surface area (Å²) in [7, 11) is 0. The van der Waals surface area contributed by atoms with E-state index in [1.165, 1.54) is 17.5 Å². The Kier molecular flexibility index (Phi) is 5.41. The second-order valence-corrected chi connectivity index (χ2v) is 7.88. The van der Waals surface area contributed by atoms with Crippen molar-refractivity contribution in [3.05, 3.63) is 36.0 Å². The summed E-state index contributed by atoms with van der Waals surface area (Å²) in [5, 5.41) is 4.67. The number of carbonyl (C=O) groups is 1. The minimum Gasteiger partial charge on any atom is -0.357 e. The van der Waals surface area contributed by atoms with Gasteiger partial charge in [-0.1, -0.05) is 18.2 Å². The van der Waals surface area contributed by atoms with E-state index in [-0.39, 0.29) is 30.4 Å². The molecule has 7 heteroatoms. The number of halogens is 1. The number of carbonyl (C=O) groups excluding carboxylic acids is 1. The smallest absolute Gasteiger partial charge is 0.242 e. The lowest BCUT2D eigenvalue weighted by atomic mass is 9.88. The van der Waals surface area contributed by atoms with Crippen LogP contribution in [0, 0.1) is 5.92 Å². The largest absolute Gasteiger partial charge is 0.357 e. The fourth-order valence-corrected chi connectivity index (χ4v) is 4.93. The molecule has 4 atom stereocenters. The minimum absolute atomic E-state index is 0. The van der Waals surface area contributed by atoms with E-state index >= 15 is 0 Å². The van der Waals surface area contributed by atoms with E-state index < -0.39 is 0 Å². The van der Waals surface area contributed by atoms with Gasteiger partial charge in [0.2, 0.25) is 5.91 Å². The Bertz CT molecular complexity index is 776. The van der Waals surface area contributed by atoms with Crippen LogP contribution in [0.5, 0.6) is 0 Å². The molecule has 4 heterocycles. The summed E-state index contributed by atoms with van der Waals surface area (Å²) in [6.45, 7) is 2.78. The van der Waals surface area contributed by atoms with Crippen molar-refractivity contribution >= 4 is 29.2 Å². The molecule has 0 saturated carbocycles. The minimum atomic E-state index is -0.127. The zero-order chi connectivity index (χ0) is 17.5. The normalized spacial score (nSPS) is 30.7. The number of nitrogens with zero attached hydrogens (tertiary/aromatic N) is 1. The number of piperidine rings is 2. The third-order valence-corrected chi connectivity index (χ3v) is 6.34. The summed E-state index contributed by atoms with van der Waals surface area (Å²) in [5.41, 5.74) is 8.98. The molecule has 3 aliphatic rings. The molecule has 2 aromatic rings. The molecule has 6 nitrogen and oxygen atoms in total. The Morgan fingerprint density at radius 3 is 2.89 bits per heavy atom. The van der Waals surface area contributed by atoms with Gasteiger partial charge in [0, 0.05) is 36.3 Å². The third kappa shape index (κ3) is 3.36. The molecule has 4 N–H and O–H groups in total. The first-order chi connectivity index (χ1) is 12.8. The number of likely N-dealkylation sites (tertiary alicyclic amines) is 1. The molecule has 4 unspecified atom stereocenters. The fraction of sp³-hybridized carbons (Fsp3) is 0.550. The van der Waals surface area contributed by atoms with Gasteiger partial charge in [-0.15, -0.1) is 12.4 Å². The van der Waals surface area contributed by atoms with Crippen LogP contribution in [0.2, 0.25) is 0 Å². The lowest BCUT2D eigenvalue weighted by Crippen LogP contribution is -2.52. The van der Waals surface area contributed by atoms with E-state index in [2.05, 4.69) is 56.4 Å². The highest BCUT2D eigenvalue weighted by Crippen LogP contribution is 2.34. The second-order valence-electron chi connectivity index (χ2n) is 7.88. The molecule has 3 saturated heterocycles. The van der Waals surface area contributed by atoms with Gasteiger partial charge in [-0.05, 0) is 49.7 Å². The number of nitrogens with one attached hydrogen (secondary N) is 4. The quantitative estimate of drug-likeness (QED) is 0.634. The number of aromatic nitrogens is 1. The number of benzene rings is 1. The van der Waals surface area contributed by atoms with Crippen molar-refractivity contribution < 1.29 is 4.79 Å². The maximum atomic E-state index is 13.4. The van der Waals surface area contributed by atoms with Crippen LogP contribution in [0.3, 0.4) is 0 Å². The molecule has 1 aromatic carbocycles. The highest BCUT2D eigenvalue weighted by atomic mass is 35.5. The number of hydrogen-bond donors (Lipinski definition) is 4. The van der Waals surface area contributed by atoms with Crippen LogP contribution in [-0.2, 0) is 4.79 Å². The molecular formula is C20H28ClN5O. The maximum absolute atomic E-state index is 13.4. The van der Waals surface area contributed by atoms with Crippen LogP contribution in [0.25, 0.3) is 10.9 Å². The summed E-state index contributed by atoms with van der Waals surface area (Å²) < 4.78 is 0. The molecule has 0 spiro atoms. The summed E-state index contributed by atoms with van der Waals surface area (Å²) >= 11 is 0. The number of hydrogen-bond acceptors (Lipinski definition) is 4. The molecule has 0 radical (unpaired) electrons. The Labute approximate surface area is 165 Å². The van der Waals surface area contributed by atoms with Crippen LogP contribution in [0.4, 0.5) is 0 Å². The van der Waals surface area contributed by atoms with Gasteiger partial charge in [-0.2, -0.15) is 0 Å². The Morgan fingerprint density at radius 2 is 2.00 bits per heavy atom. The van der Waals surface area contributed by atoms with Crippen molar-refractivity contribution in [3.8, 4) is 0 Å². The molecule has 5 rings (SSSR count). The molecule has 3 fully saturated rings. The Morgan fingerprint density at radius 1 is 1.11 bits per heavy atom. The van der Waals surface area contributed by atoms with Gasteiger partial charge in [0.25, 0.3) is 0 Å². The first-order valence-electron chi connectivity index (χ1n) is 9.91. The lowest BCUT2D eigenvalue weighted by Gasteiger charge is -2.38. The summed E-state index contributed by atoms with van der Waals surface area (Å²) in [6.07, 6.45) is 4.38. The number of para-hydroxylation sites is 1. The lowest BCUT2D eigenvalue weighted by molar-refractivity contribution is -0.138. The van der Waals surface area contributed by atoms with Crippen LogP contribution in [-0.4, -0.2) is 47.5 Å². The summed E-state index contributed by atoms with van der Waals surface area (Å²) in [6, 6.07) is 11.0. The molecule has 27 heavy (non-hydrogen) atoms. The number of hydrazine groups is 1. The van der Waals surface area contributed by atoms with Gasteiger partial charge in [-0.3, -0.25) is 10.2 Å². The monoisotopic (exact) mass is 389 g/mol. The number of aromatic amines is 1. The maximum Gasteiger partial charge on any atom is 0.242 e. The van der Waals surface area contributed by atoms with E-state index in [1.807, 2.05) is 0 Å². The van der Waals surface area contributed by atoms with Gasteiger partial charge in [-0.25, -0.2) is 5.43 Å². The average Bonchev–Trinajstić information content (AvgIpc) is 3.31. The van der Waals surface area contributed by atoms with Crippen LogP contribution in [0.1, 0.15) is 37.4 Å². The van der Waals surface area contributed by atoms with Gasteiger partial charge in [0.15, 0.2) is 0 Å². The summed E-state index contributed by atoms with van der Waals surface area (Å²) in [5.74, 6) is 0.582. The molecular weight excluding hydrogens is 362 g/mol. The van der Waals surface area contributed by atoms with Crippen molar-refractivity contribution in [3.63, 3.8) is 0 Å². The van der Waals surface area contributed by atoms with Gasteiger partial charge in [0.1, 0.15) is 6.04 Å². The highest BCUT2D eigenvalue weighted by Gasteiger charge is 2.44. The zero-order valence-corrected chi connectivity index (χ0v) is 16.2. The van der Waals surface area contributed by atoms with Crippen molar-refractivity contribution in [2.24, 2.45) is 5.92 Å². The third-order valence-electron chi connectivity index (χ3n) is 6.34. The predicted molar refractivity (Wildman–Crippen MR) is 109 cm³/mol. The number of fused-ring (bicyclic) bond motifs is 2. The SMILES string of the molecule is Cl.O=C(C1NNC2CCNCC21)N1CCCCC1c1cc2ccccc2[nH]1. The average molecular weight is 390 g/mol. The Balaban J connectivity index is 0.00000180. The van der Waals surface area contributed by atoms with Crippen molar-refractivity contribution in [1.82, 2.24) is 26.1 Å². The van der Waals surface area contributed by atoms with Crippen LogP contribution in [0.15, 0.2) is 30.3 Å². The molecule has 3 aliphatic heterocycles. The predicted octanol–water partition coefficient (Wildman–Crippen LogP) is 2.10. The van der Waals surface area contributed by atoms with E-state index in [1.54, 1.807) is 0 Å². The first-order valence-corrected chi connectivity index (χ1v) is 9.91. The topological polar surface area (TPSA) is 72.2 Å². The molecule has 1 amide bonds. The second kappa shape index (κ2) is 7.80. The highest BCUT2D eigenvalue weighted by molar-refractivity contribution is 5.85. The number of rotatable bonds is 2. The van der Waals surface area contributed by atoms with E-state index in [9.17, 15) is 4.79 Å². The van der Waals surface area contributed by atoms with Crippen LogP contribution >= 0.6 is 12.4 Å². The van der Waals surface area contributed by atoms with E-state index in [0.717, 1.165) is 44.4 Å². The zero-order valence-electron chi connectivity index (χ0n) is 15.4. The van der Waals surface area contributed by atoms with Crippen molar-refractivity contribution in [1.29, 1.82) is 0 Å². The summed E-state index contributed by atoms with van der Waals surface area (Å²) in [4.78, 5) is 19.1. The molecule has 146 valence electrons. The standard InChI is InChI=1S/C20H27N5O.ClH/c26-20(19-14-12-21-9-8-16(14)23-24-19)25-10-4-3-7-18(25)17-11-13-5-1-2-6-15(13)22-17;/h1-2,5-6,11,14,16,18-19,21-24H,3-4,7-10,12H2;1H. The van der Waals surface area contributed by atoms with Crippen molar-refractivity contribution in [2.75, 3.05) is 19.6 Å². The van der Waals surface area contributed by atoms with E-state index in [4.69, 9.17) is 0 Å².